The standard InChI is InChI=1S/C34H33BO2/c1-24-25(2)34(4)33(24,3)36-35(37-34)30-22-14-21-29(23-30)32(28-19-12-7-13-20-28)31(26-15-8-5-9-16-26)27-17-10-6-11-18-27/h5-25H,1-4H3. The van der Waals surface area contributed by atoms with Crippen molar-refractivity contribution in [3.8, 4) is 0 Å². The molecule has 0 aromatic heterocycles. The van der Waals surface area contributed by atoms with Crippen LogP contribution in [0.1, 0.15) is 49.9 Å². The van der Waals surface area contributed by atoms with Crippen molar-refractivity contribution in [3.05, 3.63) is 138 Å². The van der Waals surface area contributed by atoms with Gasteiger partial charge in [-0.15, -0.1) is 0 Å². The minimum atomic E-state index is -0.378. The molecule has 0 spiro atoms. The lowest BCUT2D eigenvalue weighted by molar-refractivity contribution is -0.202. The van der Waals surface area contributed by atoms with Gasteiger partial charge in [0.25, 0.3) is 0 Å². The monoisotopic (exact) mass is 484 g/mol. The van der Waals surface area contributed by atoms with Crippen molar-refractivity contribution in [2.24, 2.45) is 11.8 Å². The highest BCUT2D eigenvalue weighted by atomic mass is 16.7. The van der Waals surface area contributed by atoms with Crippen LogP contribution in [-0.4, -0.2) is 18.3 Å². The molecule has 4 atom stereocenters. The summed E-state index contributed by atoms with van der Waals surface area (Å²) < 4.78 is 13.3. The zero-order valence-electron chi connectivity index (χ0n) is 22.0. The second-order valence-corrected chi connectivity index (χ2v) is 10.8. The van der Waals surface area contributed by atoms with Gasteiger partial charge in [0.05, 0.1) is 11.2 Å². The molecule has 0 bridgehead atoms. The Morgan fingerprint density at radius 2 is 0.919 bits per heavy atom. The summed E-state index contributed by atoms with van der Waals surface area (Å²) in [7, 11) is -0.378. The lowest BCUT2D eigenvalue weighted by Crippen LogP contribution is -2.69. The average molecular weight is 484 g/mol. The van der Waals surface area contributed by atoms with Crippen molar-refractivity contribution < 1.29 is 9.31 Å². The first-order chi connectivity index (χ1) is 17.9. The Balaban J connectivity index is 1.53. The van der Waals surface area contributed by atoms with Gasteiger partial charge in [0.2, 0.25) is 0 Å². The Labute approximate surface area is 221 Å². The summed E-state index contributed by atoms with van der Waals surface area (Å²) in [5, 5.41) is 0. The van der Waals surface area contributed by atoms with E-state index in [1.54, 1.807) is 0 Å². The molecule has 0 amide bonds. The van der Waals surface area contributed by atoms with E-state index in [1.165, 1.54) is 27.8 Å². The van der Waals surface area contributed by atoms with Crippen molar-refractivity contribution in [1.82, 2.24) is 0 Å². The molecule has 3 heteroatoms. The molecular formula is C34H33BO2. The van der Waals surface area contributed by atoms with Crippen molar-refractivity contribution in [2.75, 3.05) is 0 Å². The normalized spacial score (nSPS) is 26.3. The third kappa shape index (κ3) is 3.80. The molecule has 4 aromatic rings. The van der Waals surface area contributed by atoms with Gasteiger partial charge in [0.1, 0.15) is 0 Å². The summed E-state index contributed by atoms with van der Waals surface area (Å²) >= 11 is 0. The van der Waals surface area contributed by atoms with E-state index in [1.807, 2.05) is 0 Å². The SMILES string of the molecule is CC1C(C)C2(C)OB(c3cccc(C(=C(c4ccccc4)c4ccccc4)c4ccccc4)c3)OC12C. The van der Waals surface area contributed by atoms with E-state index in [0.29, 0.717) is 11.8 Å². The molecule has 1 aliphatic carbocycles. The van der Waals surface area contributed by atoms with E-state index in [-0.39, 0.29) is 18.3 Å². The quantitative estimate of drug-likeness (QED) is 0.220. The topological polar surface area (TPSA) is 18.5 Å². The third-order valence-electron chi connectivity index (χ3n) is 9.06. The van der Waals surface area contributed by atoms with Crippen molar-refractivity contribution >= 4 is 23.7 Å². The summed E-state index contributed by atoms with van der Waals surface area (Å²) in [6.07, 6.45) is 0. The first-order valence-electron chi connectivity index (χ1n) is 13.3. The van der Waals surface area contributed by atoms with Crippen LogP contribution in [0.4, 0.5) is 0 Å². The number of hydrogen-bond acceptors (Lipinski definition) is 2. The van der Waals surface area contributed by atoms with Gasteiger partial charge in [-0.2, -0.15) is 0 Å². The van der Waals surface area contributed by atoms with E-state index < -0.39 is 0 Å². The van der Waals surface area contributed by atoms with Crippen LogP contribution in [0.2, 0.25) is 0 Å². The van der Waals surface area contributed by atoms with Crippen LogP contribution >= 0.6 is 0 Å². The number of benzene rings is 4. The first-order valence-corrected chi connectivity index (χ1v) is 13.3. The smallest absolute Gasteiger partial charge is 0.399 e. The molecule has 1 saturated heterocycles. The van der Waals surface area contributed by atoms with Gasteiger partial charge in [-0.3, -0.25) is 0 Å². The Morgan fingerprint density at radius 3 is 1.35 bits per heavy atom. The Morgan fingerprint density at radius 1 is 0.541 bits per heavy atom. The lowest BCUT2D eigenvalue weighted by atomic mass is 9.53. The predicted octanol–water partition coefficient (Wildman–Crippen LogP) is 7.24. The summed E-state index contributed by atoms with van der Waals surface area (Å²) in [5.41, 5.74) is 7.61. The first kappa shape index (κ1) is 24.0. The molecule has 2 fully saturated rings. The Hall–Kier alpha value is -3.40. The van der Waals surface area contributed by atoms with Gasteiger partial charge in [0, 0.05) is 0 Å². The zero-order chi connectivity index (χ0) is 25.6. The van der Waals surface area contributed by atoms with Crippen LogP contribution < -0.4 is 5.46 Å². The maximum Gasteiger partial charge on any atom is 0.494 e. The second kappa shape index (κ2) is 9.17. The summed E-state index contributed by atoms with van der Waals surface area (Å²) in [6, 6.07) is 40.8. The van der Waals surface area contributed by atoms with Crippen LogP contribution in [0.25, 0.3) is 11.1 Å². The van der Waals surface area contributed by atoms with Gasteiger partial charge in [-0.1, -0.05) is 129 Å². The van der Waals surface area contributed by atoms with Crippen LogP contribution in [0, 0.1) is 11.8 Å². The average Bonchev–Trinajstić information content (AvgIpc) is 3.21. The molecule has 2 nitrogen and oxygen atoms in total. The molecule has 184 valence electrons. The van der Waals surface area contributed by atoms with Crippen molar-refractivity contribution in [1.29, 1.82) is 0 Å². The minimum absolute atomic E-state index is 0.273. The van der Waals surface area contributed by atoms with Gasteiger partial charge >= 0.3 is 7.12 Å². The van der Waals surface area contributed by atoms with E-state index in [0.717, 1.165) is 11.0 Å². The van der Waals surface area contributed by atoms with E-state index in [9.17, 15) is 0 Å². The number of fused-ring (bicyclic) bond motifs is 1. The van der Waals surface area contributed by atoms with Gasteiger partial charge < -0.3 is 9.31 Å². The van der Waals surface area contributed by atoms with Crippen molar-refractivity contribution in [2.45, 2.75) is 38.9 Å². The van der Waals surface area contributed by atoms with Crippen LogP contribution in [0.3, 0.4) is 0 Å². The molecule has 0 radical (unpaired) electrons. The van der Waals surface area contributed by atoms with Crippen LogP contribution in [-0.2, 0) is 9.31 Å². The molecule has 0 N–H and O–H groups in total. The van der Waals surface area contributed by atoms with Crippen LogP contribution in [0.5, 0.6) is 0 Å². The van der Waals surface area contributed by atoms with E-state index in [2.05, 4.69) is 143 Å². The molecule has 4 aromatic carbocycles. The fraction of sp³-hybridized carbons (Fsp3) is 0.235. The van der Waals surface area contributed by atoms with Gasteiger partial charge in [0.15, 0.2) is 0 Å². The van der Waals surface area contributed by atoms with Gasteiger partial charge in [-0.25, -0.2) is 0 Å². The lowest BCUT2D eigenvalue weighted by Gasteiger charge is -2.60. The van der Waals surface area contributed by atoms with Gasteiger partial charge in [-0.05, 0) is 64.5 Å². The second-order valence-electron chi connectivity index (χ2n) is 10.8. The maximum absolute atomic E-state index is 6.65. The number of rotatable bonds is 5. The summed E-state index contributed by atoms with van der Waals surface area (Å²) in [6.45, 7) is 8.97. The highest BCUT2D eigenvalue weighted by molar-refractivity contribution is 6.62. The zero-order valence-corrected chi connectivity index (χ0v) is 22.0. The maximum atomic E-state index is 6.65. The molecule has 2 aliphatic rings. The molecular weight excluding hydrogens is 451 g/mol. The molecule has 6 rings (SSSR count). The molecule has 1 heterocycles. The van der Waals surface area contributed by atoms with E-state index >= 15 is 0 Å². The Bertz CT molecular complexity index is 1370. The third-order valence-corrected chi connectivity index (χ3v) is 9.06. The summed E-state index contributed by atoms with van der Waals surface area (Å²) in [5.74, 6) is 0.904. The molecule has 1 aliphatic heterocycles. The minimum Gasteiger partial charge on any atom is -0.399 e. The van der Waals surface area contributed by atoms with E-state index in [4.69, 9.17) is 9.31 Å². The van der Waals surface area contributed by atoms with Crippen LogP contribution in [0.15, 0.2) is 115 Å². The number of hydrogen-bond donors (Lipinski definition) is 0. The highest BCUT2D eigenvalue weighted by Gasteiger charge is 2.71. The highest BCUT2D eigenvalue weighted by Crippen LogP contribution is 2.60. The fourth-order valence-electron chi connectivity index (χ4n) is 6.38. The molecule has 37 heavy (non-hydrogen) atoms. The fourth-order valence-corrected chi connectivity index (χ4v) is 6.38. The molecule has 4 unspecified atom stereocenters. The molecule has 1 saturated carbocycles. The Kier molecular flexibility index (Phi) is 5.94. The largest absolute Gasteiger partial charge is 0.494 e. The summed E-state index contributed by atoms with van der Waals surface area (Å²) in [4.78, 5) is 0. The van der Waals surface area contributed by atoms with Crippen molar-refractivity contribution in [3.63, 3.8) is 0 Å². The predicted molar refractivity (Wildman–Crippen MR) is 153 cm³/mol.